The standard InChI is InChI=1S/C14H18ClFN2O/c1-2-18(11-5-7-17-8-6-11)14(19)10-3-4-12(15)13(16)9-10/h3-4,9,11,17H,2,5-8H2,1H3. The molecular formula is C14H18ClFN2O. The van der Waals surface area contributed by atoms with E-state index in [0.29, 0.717) is 12.1 Å². The predicted octanol–water partition coefficient (Wildman–Crippen LogP) is 2.69. The molecule has 0 radical (unpaired) electrons. The third kappa shape index (κ3) is 3.25. The lowest BCUT2D eigenvalue weighted by Gasteiger charge is -2.34. The smallest absolute Gasteiger partial charge is 0.254 e. The zero-order chi connectivity index (χ0) is 13.8. The van der Waals surface area contributed by atoms with Crippen molar-refractivity contribution in [1.29, 1.82) is 0 Å². The lowest BCUT2D eigenvalue weighted by Crippen LogP contribution is -2.46. The second-order valence-corrected chi connectivity index (χ2v) is 5.11. The van der Waals surface area contributed by atoms with Crippen molar-refractivity contribution in [2.45, 2.75) is 25.8 Å². The first-order chi connectivity index (χ1) is 9.13. The van der Waals surface area contributed by atoms with Crippen LogP contribution in [0.5, 0.6) is 0 Å². The van der Waals surface area contributed by atoms with E-state index < -0.39 is 5.82 Å². The van der Waals surface area contributed by atoms with Crippen molar-refractivity contribution in [3.63, 3.8) is 0 Å². The Hall–Kier alpha value is -1.13. The van der Waals surface area contributed by atoms with Gasteiger partial charge in [0.05, 0.1) is 5.02 Å². The molecule has 0 atom stereocenters. The Morgan fingerprint density at radius 3 is 2.74 bits per heavy atom. The average Bonchev–Trinajstić information content (AvgIpc) is 2.44. The minimum atomic E-state index is -0.547. The number of carbonyl (C=O) groups excluding carboxylic acids is 1. The van der Waals surface area contributed by atoms with E-state index >= 15 is 0 Å². The quantitative estimate of drug-likeness (QED) is 0.926. The van der Waals surface area contributed by atoms with Gasteiger partial charge in [0.2, 0.25) is 0 Å². The highest BCUT2D eigenvalue weighted by atomic mass is 35.5. The molecule has 1 aliphatic heterocycles. The van der Waals surface area contributed by atoms with Crippen LogP contribution >= 0.6 is 11.6 Å². The van der Waals surface area contributed by atoms with Crippen molar-refractivity contribution in [2.24, 2.45) is 0 Å². The van der Waals surface area contributed by atoms with Crippen LogP contribution in [0.25, 0.3) is 0 Å². The fraction of sp³-hybridized carbons (Fsp3) is 0.500. The molecule has 1 fully saturated rings. The molecule has 1 saturated heterocycles. The van der Waals surface area contributed by atoms with Gasteiger partial charge in [-0.15, -0.1) is 0 Å². The fourth-order valence-electron chi connectivity index (χ4n) is 2.48. The van der Waals surface area contributed by atoms with Gasteiger partial charge in [-0.1, -0.05) is 11.6 Å². The molecule has 104 valence electrons. The summed E-state index contributed by atoms with van der Waals surface area (Å²) in [6, 6.07) is 4.46. The summed E-state index contributed by atoms with van der Waals surface area (Å²) in [5, 5.41) is 3.32. The molecule has 0 aromatic heterocycles. The number of hydrogen-bond acceptors (Lipinski definition) is 2. The second kappa shape index (κ2) is 6.35. The molecule has 1 aliphatic rings. The Kier molecular flexibility index (Phi) is 4.77. The molecular weight excluding hydrogens is 267 g/mol. The first-order valence-electron chi connectivity index (χ1n) is 6.60. The number of nitrogens with zero attached hydrogens (tertiary/aromatic N) is 1. The van der Waals surface area contributed by atoms with E-state index in [-0.39, 0.29) is 17.0 Å². The van der Waals surface area contributed by atoms with Gasteiger partial charge in [0.15, 0.2) is 0 Å². The highest BCUT2D eigenvalue weighted by Crippen LogP contribution is 2.19. The maximum absolute atomic E-state index is 13.4. The van der Waals surface area contributed by atoms with E-state index in [4.69, 9.17) is 11.6 Å². The number of rotatable bonds is 3. The van der Waals surface area contributed by atoms with Gasteiger partial charge >= 0.3 is 0 Å². The van der Waals surface area contributed by atoms with E-state index in [1.54, 1.807) is 6.07 Å². The molecule has 1 aromatic carbocycles. The Balaban J connectivity index is 2.17. The number of nitrogens with one attached hydrogen (secondary N) is 1. The molecule has 2 rings (SSSR count). The van der Waals surface area contributed by atoms with Gasteiger partial charge in [-0.2, -0.15) is 0 Å². The van der Waals surface area contributed by atoms with Crippen LogP contribution in [0.4, 0.5) is 4.39 Å². The first-order valence-corrected chi connectivity index (χ1v) is 6.98. The van der Waals surface area contributed by atoms with Gasteiger partial charge in [0.1, 0.15) is 5.82 Å². The molecule has 1 aromatic rings. The molecule has 0 aliphatic carbocycles. The summed E-state index contributed by atoms with van der Waals surface area (Å²) in [5.41, 5.74) is 0.363. The molecule has 19 heavy (non-hydrogen) atoms. The highest BCUT2D eigenvalue weighted by Gasteiger charge is 2.25. The van der Waals surface area contributed by atoms with E-state index in [0.717, 1.165) is 25.9 Å². The summed E-state index contributed by atoms with van der Waals surface area (Å²) in [6.07, 6.45) is 1.88. The van der Waals surface area contributed by atoms with Crippen LogP contribution in [0.15, 0.2) is 18.2 Å². The van der Waals surface area contributed by atoms with Gasteiger partial charge in [-0.05, 0) is 51.1 Å². The molecule has 1 heterocycles. The largest absolute Gasteiger partial charge is 0.336 e. The summed E-state index contributed by atoms with van der Waals surface area (Å²) in [7, 11) is 0. The molecule has 3 nitrogen and oxygen atoms in total. The van der Waals surface area contributed by atoms with Crippen LogP contribution in [0.3, 0.4) is 0 Å². The zero-order valence-corrected chi connectivity index (χ0v) is 11.7. The third-order valence-corrected chi connectivity index (χ3v) is 3.82. The molecule has 5 heteroatoms. The average molecular weight is 285 g/mol. The van der Waals surface area contributed by atoms with Gasteiger partial charge in [0.25, 0.3) is 5.91 Å². The number of piperidine rings is 1. The molecule has 1 amide bonds. The summed E-state index contributed by atoms with van der Waals surface area (Å²) in [5.74, 6) is -0.668. The van der Waals surface area contributed by atoms with E-state index in [2.05, 4.69) is 5.32 Å². The Morgan fingerprint density at radius 2 is 2.16 bits per heavy atom. The molecule has 0 bridgehead atoms. The maximum atomic E-state index is 13.4. The third-order valence-electron chi connectivity index (χ3n) is 3.52. The van der Waals surface area contributed by atoms with Crippen molar-refractivity contribution in [2.75, 3.05) is 19.6 Å². The molecule has 0 spiro atoms. The Bertz CT molecular complexity index is 461. The topological polar surface area (TPSA) is 32.3 Å². The van der Waals surface area contributed by atoms with Gasteiger partial charge in [-0.25, -0.2) is 4.39 Å². The van der Waals surface area contributed by atoms with Crippen LogP contribution in [0.1, 0.15) is 30.1 Å². The molecule has 1 N–H and O–H groups in total. The zero-order valence-electron chi connectivity index (χ0n) is 11.0. The monoisotopic (exact) mass is 284 g/mol. The number of carbonyl (C=O) groups is 1. The van der Waals surface area contributed by atoms with Crippen molar-refractivity contribution in [3.8, 4) is 0 Å². The summed E-state index contributed by atoms with van der Waals surface area (Å²) in [6.45, 7) is 4.42. The van der Waals surface area contributed by atoms with Crippen LogP contribution in [0.2, 0.25) is 5.02 Å². The van der Waals surface area contributed by atoms with Gasteiger partial charge in [0, 0.05) is 18.2 Å². The summed E-state index contributed by atoms with van der Waals surface area (Å²) in [4.78, 5) is 14.3. The van der Waals surface area contributed by atoms with Crippen LogP contribution in [0, 0.1) is 5.82 Å². The SMILES string of the molecule is CCN(C(=O)c1ccc(Cl)c(F)c1)C1CCNCC1. The fourth-order valence-corrected chi connectivity index (χ4v) is 2.60. The summed E-state index contributed by atoms with van der Waals surface area (Å²) < 4.78 is 13.4. The Morgan fingerprint density at radius 1 is 1.47 bits per heavy atom. The second-order valence-electron chi connectivity index (χ2n) is 4.70. The number of hydrogen-bond donors (Lipinski definition) is 1. The Labute approximate surface area is 117 Å². The van der Waals surface area contributed by atoms with Crippen LogP contribution < -0.4 is 5.32 Å². The lowest BCUT2D eigenvalue weighted by atomic mass is 10.0. The maximum Gasteiger partial charge on any atom is 0.254 e. The summed E-state index contributed by atoms with van der Waals surface area (Å²) >= 11 is 5.64. The van der Waals surface area contributed by atoms with E-state index in [1.165, 1.54) is 12.1 Å². The normalized spacial score (nSPS) is 16.4. The lowest BCUT2D eigenvalue weighted by molar-refractivity contribution is 0.0655. The van der Waals surface area contributed by atoms with Gasteiger partial charge in [-0.3, -0.25) is 4.79 Å². The number of amides is 1. The minimum Gasteiger partial charge on any atom is -0.336 e. The highest BCUT2D eigenvalue weighted by molar-refractivity contribution is 6.30. The predicted molar refractivity (Wildman–Crippen MR) is 74.0 cm³/mol. The van der Waals surface area contributed by atoms with Crippen molar-refractivity contribution in [3.05, 3.63) is 34.6 Å². The van der Waals surface area contributed by atoms with Crippen LogP contribution in [-0.2, 0) is 0 Å². The first kappa shape index (κ1) is 14.3. The van der Waals surface area contributed by atoms with E-state index in [9.17, 15) is 9.18 Å². The van der Waals surface area contributed by atoms with E-state index in [1.807, 2.05) is 11.8 Å². The van der Waals surface area contributed by atoms with Crippen molar-refractivity contribution >= 4 is 17.5 Å². The van der Waals surface area contributed by atoms with Crippen molar-refractivity contribution < 1.29 is 9.18 Å². The molecule has 0 saturated carbocycles. The van der Waals surface area contributed by atoms with Crippen molar-refractivity contribution in [1.82, 2.24) is 10.2 Å². The van der Waals surface area contributed by atoms with Gasteiger partial charge < -0.3 is 10.2 Å². The minimum absolute atomic E-state index is 0.0430. The molecule has 0 unspecified atom stereocenters. The number of benzene rings is 1. The van der Waals surface area contributed by atoms with Crippen LogP contribution in [-0.4, -0.2) is 36.5 Å². The number of halogens is 2.